The monoisotopic (exact) mass is 465 g/mol. The Kier molecular flexibility index (Phi) is 6.63. The molecule has 1 atom stereocenters. The van der Waals surface area contributed by atoms with Crippen LogP contribution < -0.4 is 10.2 Å². The van der Waals surface area contributed by atoms with Crippen molar-refractivity contribution in [3.05, 3.63) is 59.7 Å². The first-order valence-electron chi connectivity index (χ1n) is 10.9. The molecule has 176 valence electrons. The highest BCUT2D eigenvalue weighted by Crippen LogP contribution is 2.29. The zero-order valence-corrected chi connectivity index (χ0v) is 18.8. The quantitative estimate of drug-likeness (QED) is 0.595. The van der Waals surface area contributed by atoms with E-state index in [1.54, 1.807) is 17.0 Å². The summed E-state index contributed by atoms with van der Waals surface area (Å²) in [5.41, 5.74) is 0.434. The lowest BCUT2D eigenvalue weighted by molar-refractivity contribution is -0.134. The molecule has 1 aliphatic rings. The van der Waals surface area contributed by atoms with Crippen LogP contribution in [0.1, 0.15) is 29.9 Å². The number of benzene rings is 1. The van der Waals surface area contributed by atoms with Crippen molar-refractivity contribution >= 4 is 17.7 Å². The van der Waals surface area contributed by atoms with E-state index in [1.807, 2.05) is 24.8 Å². The summed E-state index contributed by atoms with van der Waals surface area (Å²) in [6.45, 7) is 5.35. The number of nitrogens with one attached hydrogen (secondary N) is 1. The smallest absolute Gasteiger partial charge is 0.266 e. The number of nitriles is 1. The number of anilines is 1. The van der Waals surface area contributed by atoms with Crippen molar-refractivity contribution in [1.82, 2.24) is 15.2 Å². The van der Waals surface area contributed by atoms with Crippen molar-refractivity contribution in [3.63, 3.8) is 0 Å². The molecular weight excluding hydrogens is 441 g/mol. The van der Waals surface area contributed by atoms with Gasteiger partial charge in [-0.3, -0.25) is 9.59 Å². The van der Waals surface area contributed by atoms with Gasteiger partial charge in [-0.05, 0) is 42.3 Å². The zero-order chi connectivity index (χ0) is 24.2. The molecule has 1 fully saturated rings. The number of amides is 2. The second kappa shape index (κ2) is 9.79. The van der Waals surface area contributed by atoms with Gasteiger partial charge in [0.1, 0.15) is 17.9 Å². The number of rotatable bonds is 6. The average Bonchev–Trinajstić information content (AvgIpc) is 3.52. The van der Waals surface area contributed by atoms with Gasteiger partial charge in [-0.2, -0.15) is 10.2 Å². The first kappa shape index (κ1) is 23.0. The Bertz CT molecular complexity index is 1190. The normalized spacial score (nSPS) is 14.7. The second-order valence-corrected chi connectivity index (χ2v) is 8.28. The summed E-state index contributed by atoms with van der Waals surface area (Å²) in [7, 11) is 0. The van der Waals surface area contributed by atoms with E-state index in [2.05, 4.69) is 10.3 Å². The maximum Gasteiger partial charge on any atom is 0.266 e. The van der Waals surface area contributed by atoms with Crippen molar-refractivity contribution < 1.29 is 22.8 Å². The lowest BCUT2D eigenvalue weighted by Crippen LogP contribution is -2.56. The van der Waals surface area contributed by atoms with Crippen LogP contribution in [0.2, 0.25) is 0 Å². The lowest BCUT2D eigenvalue weighted by Gasteiger charge is -2.37. The fourth-order valence-electron chi connectivity index (χ4n) is 3.77. The Morgan fingerprint density at radius 3 is 2.44 bits per heavy atom. The van der Waals surface area contributed by atoms with Gasteiger partial charge in [-0.15, -0.1) is 0 Å². The lowest BCUT2D eigenvalue weighted by atomic mass is 10.0. The molecule has 0 radical (unpaired) electrons. The van der Waals surface area contributed by atoms with Crippen molar-refractivity contribution in [2.45, 2.75) is 19.9 Å². The summed E-state index contributed by atoms with van der Waals surface area (Å²) in [5.74, 6) is -0.229. The Morgan fingerprint density at radius 1 is 1.15 bits per heavy atom. The molecule has 2 aromatic heterocycles. The van der Waals surface area contributed by atoms with Gasteiger partial charge in [0.25, 0.3) is 11.8 Å². The van der Waals surface area contributed by atoms with E-state index in [9.17, 15) is 19.2 Å². The third-order valence-electron chi connectivity index (χ3n) is 5.65. The molecule has 1 aliphatic heterocycles. The van der Waals surface area contributed by atoms with Crippen molar-refractivity contribution in [1.29, 1.82) is 5.26 Å². The minimum absolute atomic E-state index is 0.148. The highest BCUT2D eigenvalue weighted by Gasteiger charge is 2.32. The number of carbonyl (C=O) groups is 2. The maximum absolute atomic E-state index is 13.2. The van der Waals surface area contributed by atoms with E-state index in [0.29, 0.717) is 37.8 Å². The molecule has 1 unspecified atom stereocenters. The van der Waals surface area contributed by atoms with Crippen LogP contribution in [0.25, 0.3) is 11.7 Å². The van der Waals surface area contributed by atoms with E-state index in [1.165, 1.54) is 30.5 Å². The molecule has 1 aromatic carbocycles. The van der Waals surface area contributed by atoms with Gasteiger partial charge in [0.15, 0.2) is 5.76 Å². The first-order chi connectivity index (χ1) is 16.4. The Morgan fingerprint density at radius 2 is 1.85 bits per heavy atom. The number of aromatic nitrogens is 1. The Labute approximate surface area is 195 Å². The van der Waals surface area contributed by atoms with Crippen molar-refractivity contribution in [2.75, 3.05) is 31.1 Å². The van der Waals surface area contributed by atoms with Crippen LogP contribution in [-0.2, 0) is 4.79 Å². The number of piperazine rings is 1. The zero-order valence-electron chi connectivity index (χ0n) is 18.8. The topological polar surface area (TPSA) is 116 Å². The number of nitrogens with zero attached hydrogens (tertiary/aromatic N) is 4. The molecule has 2 amide bonds. The van der Waals surface area contributed by atoms with Crippen molar-refractivity contribution in [3.8, 4) is 17.7 Å². The number of hydrogen-bond acceptors (Lipinski definition) is 7. The van der Waals surface area contributed by atoms with Crippen LogP contribution in [-0.4, -0.2) is 53.9 Å². The summed E-state index contributed by atoms with van der Waals surface area (Å²) >= 11 is 0. The van der Waals surface area contributed by atoms with Gasteiger partial charge in [0.05, 0.1) is 6.26 Å². The molecule has 0 aliphatic carbocycles. The fraction of sp³-hybridized carbons (Fsp3) is 0.333. The number of halogens is 1. The minimum Gasteiger partial charge on any atom is -0.459 e. The van der Waals surface area contributed by atoms with Gasteiger partial charge >= 0.3 is 0 Å². The Balaban J connectivity index is 1.41. The molecule has 0 bridgehead atoms. The van der Waals surface area contributed by atoms with Crippen LogP contribution in [0, 0.1) is 23.1 Å². The molecule has 4 rings (SSSR count). The second-order valence-electron chi connectivity index (χ2n) is 8.28. The molecular formula is C24H24FN5O4. The summed E-state index contributed by atoms with van der Waals surface area (Å²) < 4.78 is 24.2. The molecule has 9 nitrogen and oxygen atoms in total. The summed E-state index contributed by atoms with van der Waals surface area (Å²) in [6, 6.07) is 9.89. The number of carbonyl (C=O) groups excluding carboxylic acids is 2. The van der Waals surface area contributed by atoms with Crippen LogP contribution in [0.3, 0.4) is 0 Å². The van der Waals surface area contributed by atoms with Gasteiger partial charge in [-0.25, -0.2) is 4.39 Å². The van der Waals surface area contributed by atoms with E-state index < -0.39 is 17.8 Å². The summed E-state index contributed by atoms with van der Waals surface area (Å²) in [4.78, 5) is 33.6. The first-order valence-corrected chi connectivity index (χ1v) is 10.9. The molecule has 10 heteroatoms. The molecule has 0 saturated carbocycles. The van der Waals surface area contributed by atoms with Crippen molar-refractivity contribution in [2.24, 2.45) is 5.92 Å². The van der Waals surface area contributed by atoms with Crippen LogP contribution in [0.15, 0.2) is 51.5 Å². The Hall–Kier alpha value is -4.13. The van der Waals surface area contributed by atoms with Gasteiger partial charge in [-0.1, -0.05) is 13.8 Å². The van der Waals surface area contributed by atoms with Gasteiger partial charge in [0.2, 0.25) is 17.5 Å². The molecule has 3 heterocycles. The number of oxazole rings is 1. The summed E-state index contributed by atoms with van der Waals surface area (Å²) in [5, 5.41) is 12.3. The fourth-order valence-corrected chi connectivity index (χ4v) is 3.77. The largest absolute Gasteiger partial charge is 0.459 e. The molecule has 34 heavy (non-hydrogen) atoms. The predicted octanol–water partition coefficient (Wildman–Crippen LogP) is 3.05. The van der Waals surface area contributed by atoms with Crippen LogP contribution in [0.5, 0.6) is 0 Å². The van der Waals surface area contributed by atoms with E-state index in [0.717, 1.165) is 0 Å². The van der Waals surface area contributed by atoms with E-state index in [-0.39, 0.29) is 29.0 Å². The number of furan rings is 1. The van der Waals surface area contributed by atoms with Crippen LogP contribution >= 0.6 is 0 Å². The molecule has 0 spiro atoms. The third-order valence-corrected chi connectivity index (χ3v) is 5.65. The average molecular weight is 465 g/mol. The summed E-state index contributed by atoms with van der Waals surface area (Å²) in [6.07, 6.45) is 1.50. The third kappa shape index (κ3) is 4.78. The highest BCUT2D eigenvalue weighted by molar-refractivity contribution is 5.97. The predicted molar refractivity (Wildman–Crippen MR) is 120 cm³/mol. The van der Waals surface area contributed by atoms with Gasteiger partial charge in [0, 0.05) is 31.7 Å². The van der Waals surface area contributed by atoms with E-state index in [4.69, 9.17) is 8.83 Å². The van der Waals surface area contributed by atoms with E-state index >= 15 is 0 Å². The molecule has 1 saturated heterocycles. The SMILES string of the molecule is CC(C)C(NC(=O)c1ccc(F)cc1)C(=O)N1CCN(c2oc(-c3ccco3)nc2C#N)CC1. The highest BCUT2D eigenvalue weighted by atomic mass is 19.1. The standard InChI is InChI=1S/C24H24FN5O4/c1-15(2)20(28-21(31)16-5-7-17(25)8-6-16)23(32)29-9-11-30(12-10-29)24-18(14-26)27-22(34-24)19-4-3-13-33-19/h3-8,13,15,20H,9-12H2,1-2H3,(H,28,31). The number of hydrogen-bond donors (Lipinski definition) is 1. The maximum atomic E-state index is 13.2. The molecule has 3 aromatic rings. The molecule has 1 N–H and O–H groups in total. The van der Waals surface area contributed by atoms with Crippen LogP contribution in [0.4, 0.5) is 10.3 Å². The van der Waals surface area contributed by atoms with Gasteiger partial charge < -0.3 is 24.0 Å². The minimum atomic E-state index is -0.727.